The van der Waals surface area contributed by atoms with Gasteiger partial charge in [-0.15, -0.1) is 0 Å². The van der Waals surface area contributed by atoms with Crippen molar-refractivity contribution in [1.82, 2.24) is 5.32 Å². The molecule has 420 valence electrons. The first kappa shape index (κ1) is 67.6. The molecule has 9 atom stereocenters. The second kappa shape index (κ2) is 49.5. The maximum absolute atomic E-state index is 13.2. The Morgan fingerprint density at radius 1 is 0.479 bits per heavy atom. The molecule has 11 nitrogen and oxygen atoms in total. The molecular weight excluding hydrogens is 895 g/mol. The number of amides is 1. The van der Waals surface area contributed by atoms with Gasteiger partial charge in [-0.1, -0.05) is 256 Å². The smallest absolute Gasteiger partial charge is 0.249 e. The molecule has 1 amide bonds. The van der Waals surface area contributed by atoms with E-state index in [9.17, 15) is 40.5 Å². The molecule has 0 radical (unpaired) electrons. The summed E-state index contributed by atoms with van der Waals surface area (Å²) in [4.78, 5) is 13.2. The number of aliphatic hydroxyl groups is 7. The number of rotatable bonds is 52. The van der Waals surface area contributed by atoms with E-state index in [4.69, 9.17) is 9.47 Å². The van der Waals surface area contributed by atoms with Crippen molar-refractivity contribution in [1.29, 1.82) is 0 Å². The molecule has 1 heterocycles. The standard InChI is InChI=1S/C60H115NO10/c1-3-5-7-9-11-13-15-17-19-21-22-23-24-25-26-27-28-29-30-31-32-34-36-38-40-42-44-46-48-53(64)59(69)61-51(50-70-60-58(68)57(67)56(66)54(49-62)71-60)55(65)52(63)47-45-43-41-39-37-35-33-20-18-16-14-12-10-8-6-4-2/h20,33,39,41,51-58,60,62-68H,3-19,21-32,34-38,40,42-50H2,1-2H3,(H,61,69)/b33-20+,41-39+. The summed E-state index contributed by atoms with van der Waals surface area (Å²) >= 11 is 0. The number of ether oxygens (including phenoxy) is 2. The Labute approximate surface area is 435 Å². The predicted molar refractivity (Wildman–Crippen MR) is 293 cm³/mol. The third kappa shape index (κ3) is 37.9. The number of hydrogen-bond acceptors (Lipinski definition) is 10. The minimum absolute atomic E-state index is 0.248. The van der Waals surface area contributed by atoms with Gasteiger partial charge in [-0.2, -0.15) is 0 Å². The lowest BCUT2D eigenvalue weighted by atomic mass is 9.98. The molecule has 9 unspecified atom stereocenters. The lowest BCUT2D eigenvalue weighted by Crippen LogP contribution is -2.60. The summed E-state index contributed by atoms with van der Waals surface area (Å²) in [5, 5.41) is 76.1. The van der Waals surface area contributed by atoms with Crippen molar-refractivity contribution in [3.63, 3.8) is 0 Å². The molecule has 8 N–H and O–H groups in total. The molecule has 1 rings (SSSR count). The van der Waals surface area contributed by atoms with Gasteiger partial charge in [-0.25, -0.2) is 0 Å². The Kier molecular flexibility index (Phi) is 47.1. The summed E-state index contributed by atoms with van der Waals surface area (Å²) in [6, 6.07) is -1.19. The zero-order chi connectivity index (χ0) is 51.8. The minimum Gasteiger partial charge on any atom is -0.394 e. The summed E-state index contributed by atoms with van der Waals surface area (Å²) < 4.78 is 11.1. The number of carbonyl (C=O) groups excluding carboxylic acids is 1. The quantitative estimate of drug-likeness (QED) is 0.0215. The van der Waals surface area contributed by atoms with E-state index in [-0.39, 0.29) is 12.8 Å². The average molecular weight is 1010 g/mol. The van der Waals surface area contributed by atoms with Crippen LogP contribution in [0.15, 0.2) is 24.3 Å². The zero-order valence-corrected chi connectivity index (χ0v) is 46.0. The van der Waals surface area contributed by atoms with Crippen LogP contribution in [0.1, 0.15) is 284 Å². The van der Waals surface area contributed by atoms with Gasteiger partial charge in [0.1, 0.15) is 36.6 Å². The largest absolute Gasteiger partial charge is 0.394 e. The van der Waals surface area contributed by atoms with Crippen LogP contribution in [-0.4, -0.2) is 110 Å². The van der Waals surface area contributed by atoms with Crippen LogP contribution in [0, 0.1) is 0 Å². The molecule has 11 heteroatoms. The third-order valence-corrected chi connectivity index (χ3v) is 14.7. The maximum Gasteiger partial charge on any atom is 0.249 e. The second-order valence-electron chi connectivity index (χ2n) is 21.4. The van der Waals surface area contributed by atoms with E-state index in [1.165, 1.54) is 199 Å². The van der Waals surface area contributed by atoms with Crippen molar-refractivity contribution >= 4 is 5.91 Å². The highest BCUT2D eigenvalue weighted by Crippen LogP contribution is 2.23. The molecule has 0 aromatic rings. The van der Waals surface area contributed by atoms with E-state index in [1.54, 1.807) is 0 Å². The van der Waals surface area contributed by atoms with Gasteiger partial charge in [0.2, 0.25) is 5.91 Å². The van der Waals surface area contributed by atoms with Crippen molar-refractivity contribution in [3.8, 4) is 0 Å². The molecule has 1 fully saturated rings. The van der Waals surface area contributed by atoms with Gasteiger partial charge in [-0.3, -0.25) is 4.79 Å². The Bertz CT molecular complexity index is 1200. The molecule has 0 aliphatic carbocycles. The molecule has 1 saturated heterocycles. The summed E-state index contributed by atoms with van der Waals surface area (Å²) in [6.07, 6.45) is 48.2. The van der Waals surface area contributed by atoms with Crippen LogP contribution >= 0.6 is 0 Å². The number of nitrogens with one attached hydrogen (secondary N) is 1. The third-order valence-electron chi connectivity index (χ3n) is 14.7. The molecule has 0 saturated carbocycles. The van der Waals surface area contributed by atoms with Crippen molar-refractivity contribution in [2.24, 2.45) is 0 Å². The molecular formula is C60H115NO10. The van der Waals surface area contributed by atoms with Crippen molar-refractivity contribution in [2.75, 3.05) is 13.2 Å². The van der Waals surface area contributed by atoms with E-state index in [1.807, 2.05) is 0 Å². The number of aliphatic hydroxyl groups excluding tert-OH is 7. The van der Waals surface area contributed by atoms with E-state index in [2.05, 4.69) is 43.5 Å². The van der Waals surface area contributed by atoms with Gasteiger partial charge in [0.15, 0.2) is 6.29 Å². The van der Waals surface area contributed by atoms with Crippen molar-refractivity contribution < 1.29 is 50.0 Å². The number of allylic oxidation sites excluding steroid dienone is 4. The molecule has 0 aromatic carbocycles. The van der Waals surface area contributed by atoms with E-state index in [0.717, 1.165) is 38.5 Å². The Balaban J connectivity index is 2.25. The fraction of sp³-hybridized carbons (Fsp3) is 0.917. The fourth-order valence-corrected chi connectivity index (χ4v) is 9.81. The van der Waals surface area contributed by atoms with Gasteiger partial charge in [0.25, 0.3) is 0 Å². The Morgan fingerprint density at radius 2 is 0.845 bits per heavy atom. The zero-order valence-electron chi connectivity index (χ0n) is 46.0. The maximum atomic E-state index is 13.2. The van der Waals surface area contributed by atoms with Crippen LogP contribution in [-0.2, 0) is 14.3 Å². The van der Waals surface area contributed by atoms with Gasteiger partial charge in [0, 0.05) is 0 Å². The highest BCUT2D eigenvalue weighted by molar-refractivity contribution is 5.80. The second-order valence-corrected chi connectivity index (χ2v) is 21.4. The van der Waals surface area contributed by atoms with Crippen LogP contribution in [0.5, 0.6) is 0 Å². The van der Waals surface area contributed by atoms with Crippen LogP contribution in [0.4, 0.5) is 0 Å². The molecule has 1 aliphatic heterocycles. The summed E-state index contributed by atoms with van der Waals surface area (Å²) in [6.45, 7) is 3.46. The molecule has 1 aliphatic rings. The SMILES string of the molecule is CCCCCCCCC/C=C/CC/C=C/CCCC(O)C(O)C(COC1OC(CO)C(O)C(O)C1O)NC(=O)C(O)CCCCCCCCCCCCCCCCCCCCCCCCCCCCCC. The van der Waals surface area contributed by atoms with Crippen LogP contribution in [0.25, 0.3) is 0 Å². The van der Waals surface area contributed by atoms with E-state index in [0.29, 0.717) is 19.3 Å². The first-order chi connectivity index (χ1) is 34.7. The van der Waals surface area contributed by atoms with E-state index < -0.39 is 74.2 Å². The first-order valence-corrected chi connectivity index (χ1v) is 30.2. The number of unbranched alkanes of at least 4 members (excludes halogenated alkanes) is 36. The van der Waals surface area contributed by atoms with Gasteiger partial charge in [-0.05, 0) is 51.4 Å². The first-order valence-electron chi connectivity index (χ1n) is 30.2. The number of carbonyl (C=O) groups is 1. The minimum atomic E-state index is -1.67. The lowest BCUT2D eigenvalue weighted by Gasteiger charge is -2.40. The van der Waals surface area contributed by atoms with Crippen molar-refractivity contribution in [3.05, 3.63) is 24.3 Å². The van der Waals surface area contributed by atoms with Crippen molar-refractivity contribution in [2.45, 2.75) is 339 Å². The van der Waals surface area contributed by atoms with Gasteiger partial charge in [0.05, 0.1) is 25.4 Å². The topological polar surface area (TPSA) is 189 Å². The van der Waals surface area contributed by atoms with Crippen LogP contribution < -0.4 is 5.32 Å². The fourth-order valence-electron chi connectivity index (χ4n) is 9.81. The van der Waals surface area contributed by atoms with Gasteiger partial charge < -0.3 is 50.5 Å². The number of hydrogen-bond donors (Lipinski definition) is 8. The lowest BCUT2D eigenvalue weighted by molar-refractivity contribution is -0.303. The van der Waals surface area contributed by atoms with Crippen LogP contribution in [0.3, 0.4) is 0 Å². The van der Waals surface area contributed by atoms with E-state index >= 15 is 0 Å². The molecule has 71 heavy (non-hydrogen) atoms. The normalized spacial score (nSPS) is 20.3. The molecule has 0 bridgehead atoms. The monoisotopic (exact) mass is 1010 g/mol. The summed E-state index contributed by atoms with van der Waals surface area (Å²) in [5.74, 6) is -0.705. The van der Waals surface area contributed by atoms with Crippen LogP contribution in [0.2, 0.25) is 0 Å². The highest BCUT2D eigenvalue weighted by Gasteiger charge is 2.44. The summed E-state index contributed by atoms with van der Waals surface area (Å²) in [7, 11) is 0. The highest BCUT2D eigenvalue weighted by atomic mass is 16.7. The average Bonchev–Trinajstić information content (AvgIpc) is 3.37. The molecule has 0 spiro atoms. The Hall–Kier alpha value is -1.41. The predicted octanol–water partition coefficient (Wildman–Crippen LogP) is 12.9. The summed E-state index contributed by atoms with van der Waals surface area (Å²) in [5.41, 5.74) is 0. The Morgan fingerprint density at radius 3 is 1.25 bits per heavy atom. The van der Waals surface area contributed by atoms with Gasteiger partial charge >= 0.3 is 0 Å². The molecule has 0 aromatic heterocycles.